The minimum absolute atomic E-state index is 0.0884. The third kappa shape index (κ3) is 5.33. The van der Waals surface area contributed by atoms with Gasteiger partial charge in [0.05, 0.1) is 16.9 Å². The zero-order valence-corrected chi connectivity index (χ0v) is 26.7. The molecule has 2 aliphatic heterocycles. The van der Waals surface area contributed by atoms with Crippen LogP contribution in [0.25, 0.3) is 0 Å². The summed E-state index contributed by atoms with van der Waals surface area (Å²) in [5.74, 6) is -1.41. The summed E-state index contributed by atoms with van der Waals surface area (Å²) in [6.45, 7) is 11.5. The number of carboxylic acid groups (broad SMARTS) is 1. The van der Waals surface area contributed by atoms with Gasteiger partial charge in [-0.1, -0.05) is 58.4 Å². The minimum atomic E-state index is -4.42. The van der Waals surface area contributed by atoms with E-state index in [1.807, 2.05) is 38.1 Å². The van der Waals surface area contributed by atoms with Gasteiger partial charge in [0.15, 0.2) is 0 Å². The van der Waals surface area contributed by atoms with Crippen molar-refractivity contribution in [2.24, 2.45) is 5.92 Å². The molecule has 2 heterocycles. The summed E-state index contributed by atoms with van der Waals surface area (Å²) in [6.07, 6.45) is 4.83. The summed E-state index contributed by atoms with van der Waals surface area (Å²) < 4.78 is 33.6. The second-order valence-electron chi connectivity index (χ2n) is 12.9. The standard InChI is InChI=1S/C34H42N2O7S/c1-6-35-26-13-10-9-12-24(26)33(2,3)28(35)19-22-31(39)23(32(22)40)20-29-34(4,5)25-18-21(44(41,42)43)15-16-27(25)36(29)17-11-7-8-14-30(37)38/h9-10,12-13,15-16,18-20,23,31,39-40H,6-8,11,14,17H2,1-5H3,(H,37,38)(H,41,42,43). The van der Waals surface area contributed by atoms with Crippen LogP contribution in [-0.4, -0.2) is 53.5 Å². The van der Waals surface area contributed by atoms with E-state index in [0.717, 1.165) is 29.3 Å². The Morgan fingerprint density at radius 2 is 1.59 bits per heavy atom. The fourth-order valence-electron chi connectivity index (χ4n) is 6.96. The molecular weight excluding hydrogens is 580 g/mol. The van der Waals surface area contributed by atoms with Crippen LogP contribution in [0.2, 0.25) is 0 Å². The average molecular weight is 623 g/mol. The van der Waals surface area contributed by atoms with Gasteiger partial charge in [0.25, 0.3) is 10.1 Å². The maximum atomic E-state index is 12.0. The highest BCUT2D eigenvalue weighted by Gasteiger charge is 2.46. The number of hydrogen-bond donors (Lipinski definition) is 4. The number of carbonyl (C=O) groups is 1. The van der Waals surface area contributed by atoms with Crippen molar-refractivity contribution in [1.82, 2.24) is 0 Å². The third-order valence-electron chi connectivity index (χ3n) is 9.45. The molecule has 2 aromatic carbocycles. The number of benzene rings is 2. The summed E-state index contributed by atoms with van der Waals surface area (Å²) in [7, 11) is -4.42. The lowest BCUT2D eigenvalue weighted by molar-refractivity contribution is -0.137. The van der Waals surface area contributed by atoms with Crippen LogP contribution in [0, 0.1) is 5.92 Å². The Kier molecular flexibility index (Phi) is 8.24. The predicted octanol–water partition coefficient (Wildman–Crippen LogP) is 6.06. The summed E-state index contributed by atoms with van der Waals surface area (Å²) in [4.78, 5) is 15.0. The number of anilines is 2. The molecule has 2 atom stereocenters. The molecule has 0 radical (unpaired) electrons. The lowest BCUT2D eigenvalue weighted by Crippen LogP contribution is -2.38. The molecule has 0 aromatic heterocycles. The van der Waals surface area contributed by atoms with Crippen LogP contribution < -0.4 is 9.80 Å². The molecule has 0 bridgehead atoms. The third-order valence-corrected chi connectivity index (χ3v) is 10.3. The maximum absolute atomic E-state index is 12.0. The van der Waals surface area contributed by atoms with Gasteiger partial charge in [-0.15, -0.1) is 0 Å². The van der Waals surface area contributed by atoms with Crippen molar-refractivity contribution in [3.8, 4) is 0 Å². The normalized spacial score (nSPS) is 23.7. The Bertz CT molecular complexity index is 1690. The number of aliphatic hydroxyl groups is 2. The van der Waals surface area contributed by atoms with E-state index < -0.39 is 33.5 Å². The summed E-state index contributed by atoms with van der Waals surface area (Å²) in [5.41, 5.74) is 5.03. The number of hydrogen-bond acceptors (Lipinski definition) is 7. The summed E-state index contributed by atoms with van der Waals surface area (Å²) in [6, 6.07) is 12.7. The number of fused-ring (bicyclic) bond motifs is 2. The maximum Gasteiger partial charge on any atom is 0.303 e. The molecular formula is C34H42N2O7S. The first-order valence-electron chi connectivity index (χ1n) is 15.1. The Hall–Kier alpha value is -3.60. The second-order valence-corrected chi connectivity index (χ2v) is 14.3. The Balaban J connectivity index is 1.50. The molecule has 10 heteroatoms. The number of aliphatic hydroxyl groups excluding tert-OH is 2. The first-order valence-corrected chi connectivity index (χ1v) is 16.6. The van der Waals surface area contributed by atoms with Crippen molar-refractivity contribution in [3.63, 3.8) is 0 Å². The zero-order valence-electron chi connectivity index (χ0n) is 25.9. The van der Waals surface area contributed by atoms with Crippen molar-refractivity contribution in [2.45, 2.75) is 82.1 Å². The van der Waals surface area contributed by atoms with Crippen LogP contribution in [0.15, 0.2) is 82.2 Å². The minimum Gasteiger partial charge on any atom is -0.511 e. The van der Waals surface area contributed by atoms with E-state index in [0.29, 0.717) is 36.9 Å². The van der Waals surface area contributed by atoms with Gasteiger partial charge in [-0.05, 0) is 61.2 Å². The molecule has 2 aromatic rings. The van der Waals surface area contributed by atoms with Crippen molar-refractivity contribution >= 4 is 27.5 Å². The number of unbranched alkanes of at least 4 members (excludes halogenated alkanes) is 2. The molecule has 0 fully saturated rings. The Morgan fingerprint density at radius 3 is 2.23 bits per heavy atom. The van der Waals surface area contributed by atoms with Crippen LogP contribution in [0.3, 0.4) is 0 Å². The topological polar surface area (TPSA) is 139 Å². The number of rotatable bonds is 10. The lowest BCUT2D eigenvalue weighted by Gasteiger charge is -2.37. The molecule has 4 N–H and O–H groups in total. The molecule has 2 unspecified atom stereocenters. The Labute approximate surface area is 259 Å². The van der Waals surface area contributed by atoms with E-state index in [1.54, 1.807) is 6.07 Å². The molecule has 3 aliphatic rings. The second kappa shape index (κ2) is 11.4. The lowest BCUT2D eigenvalue weighted by atomic mass is 9.75. The van der Waals surface area contributed by atoms with E-state index in [4.69, 9.17) is 5.11 Å². The predicted molar refractivity (Wildman–Crippen MR) is 171 cm³/mol. The average Bonchev–Trinajstić information content (AvgIpc) is 3.31. The Morgan fingerprint density at radius 1 is 0.932 bits per heavy atom. The molecule has 0 saturated heterocycles. The van der Waals surface area contributed by atoms with Gasteiger partial charge in [0.2, 0.25) is 0 Å². The fraction of sp³-hybridized carbons (Fsp3) is 0.441. The van der Waals surface area contributed by atoms with Gasteiger partial charge >= 0.3 is 5.97 Å². The van der Waals surface area contributed by atoms with Crippen LogP contribution in [0.1, 0.15) is 71.4 Å². The smallest absolute Gasteiger partial charge is 0.303 e. The number of nitrogens with zero attached hydrogens (tertiary/aromatic N) is 2. The van der Waals surface area contributed by atoms with Gasteiger partial charge < -0.3 is 25.1 Å². The highest BCUT2D eigenvalue weighted by atomic mass is 32.2. The number of likely N-dealkylation sites (N-methyl/N-ethyl adjacent to an activating group) is 1. The number of para-hydroxylation sites is 1. The highest BCUT2D eigenvalue weighted by molar-refractivity contribution is 7.85. The summed E-state index contributed by atoms with van der Waals surface area (Å²) >= 11 is 0. The molecule has 9 nitrogen and oxygen atoms in total. The number of allylic oxidation sites excluding steroid dienone is 2. The molecule has 1 aliphatic carbocycles. The molecule has 0 spiro atoms. The first-order chi connectivity index (χ1) is 20.6. The van der Waals surface area contributed by atoms with Crippen molar-refractivity contribution in [1.29, 1.82) is 0 Å². The number of carboxylic acids is 1. The fourth-order valence-corrected chi connectivity index (χ4v) is 7.46. The van der Waals surface area contributed by atoms with E-state index in [2.05, 4.69) is 42.7 Å². The molecule has 0 amide bonds. The van der Waals surface area contributed by atoms with Crippen molar-refractivity contribution in [3.05, 3.63) is 88.5 Å². The van der Waals surface area contributed by atoms with Gasteiger partial charge in [0.1, 0.15) is 5.76 Å². The van der Waals surface area contributed by atoms with Gasteiger partial charge in [-0.2, -0.15) is 8.42 Å². The van der Waals surface area contributed by atoms with E-state index in [1.165, 1.54) is 17.7 Å². The van der Waals surface area contributed by atoms with Crippen LogP contribution in [0.5, 0.6) is 0 Å². The van der Waals surface area contributed by atoms with Gasteiger partial charge in [-0.3, -0.25) is 9.35 Å². The quantitative estimate of drug-likeness (QED) is 0.184. The van der Waals surface area contributed by atoms with Crippen LogP contribution in [0.4, 0.5) is 11.4 Å². The molecule has 0 saturated carbocycles. The van der Waals surface area contributed by atoms with E-state index >= 15 is 0 Å². The first kappa shape index (κ1) is 31.8. The van der Waals surface area contributed by atoms with Crippen molar-refractivity contribution in [2.75, 3.05) is 22.9 Å². The zero-order chi connectivity index (χ0) is 32.2. The van der Waals surface area contributed by atoms with E-state index in [9.17, 15) is 28.0 Å². The van der Waals surface area contributed by atoms with Crippen LogP contribution >= 0.6 is 0 Å². The SMILES string of the molecule is CCN1C(=CC2=C(O)C(C=C3N(CCCCCC(=O)O)c4ccc(S(=O)(=O)O)cc4C3(C)C)C2O)C(C)(C)c2ccccc21. The van der Waals surface area contributed by atoms with Gasteiger partial charge in [0, 0.05) is 58.7 Å². The largest absolute Gasteiger partial charge is 0.511 e. The molecule has 5 rings (SSSR count). The monoisotopic (exact) mass is 622 g/mol. The summed E-state index contributed by atoms with van der Waals surface area (Å²) in [5, 5.41) is 31.8. The van der Waals surface area contributed by atoms with Gasteiger partial charge in [-0.25, -0.2) is 0 Å². The van der Waals surface area contributed by atoms with Crippen molar-refractivity contribution < 1.29 is 33.1 Å². The molecule has 44 heavy (non-hydrogen) atoms. The number of aliphatic carboxylic acids is 1. The van der Waals surface area contributed by atoms with E-state index in [-0.39, 0.29) is 22.5 Å². The van der Waals surface area contributed by atoms with Crippen LogP contribution in [-0.2, 0) is 25.7 Å². The highest BCUT2D eigenvalue weighted by Crippen LogP contribution is 2.52. The molecule has 236 valence electrons.